The van der Waals surface area contributed by atoms with Crippen LogP contribution >= 0.6 is 0 Å². The fourth-order valence-corrected chi connectivity index (χ4v) is 1.30. The fourth-order valence-electron chi connectivity index (χ4n) is 1.30. The molecular weight excluding hydrogens is 202 g/mol. The first-order valence-electron chi connectivity index (χ1n) is 4.31. The molecule has 1 heterocycles. The van der Waals surface area contributed by atoms with Crippen LogP contribution in [0, 0.1) is 11.6 Å². The van der Waals surface area contributed by atoms with Crippen molar-refractivity contribution in [2.24, 2.45) is 0 Å². The Bertz CT molecular complexity index is 456. The van der Waals surface area contributed by atoms with E-state index in [1.165, 1.54) is 12.4 Å². The molecule has 1 unspecified atom stereocenters. The zero-order chi connectivity index (χ0) is 10.8. The molecule has 5 heteroatoms. The number of H-pyrrole nitrogens is 1. The van der Waals surface area contributed by atoms with Gasteiger partial charge in [-0.05, 0) is 18.2 Å². The number of aromatic amines is 1. The average Bonchev–Trinajstić information content (AvgIpc) is 2.74. The summed E-state index contributed by atoms with van der Waals surface area (Å²) in [5.41, 5.74) is -0.134. The van der Waals surface area contributed by atoms with Gasteiger partial charge in [-0.1, -0.05) is 0 Å². The van der Waals surface area contributed by atoms with Crippen LogP contribution in [0.5, 0.6) is 0 Å². The Kier molecular flexibility index (Phi) is 2.47. The van der Waals surface area contributed by atoms with Gasteiger partial charge in [-0.2, -0.15) is 0 Å². The summed E-state index contributed by atoms with van der Waals surface area (Å²) in [6, 6.07) is 2.91. The van der Waals surface area contributed by atoms with Crippen LogP contribution in [0.15, 0.2) is 30.6 Å². The second-order valence-corrected chi connectivity index (χ2v) is 3.04. The molecule has 2 aromatic rings. The molecule has 1 aromatic carbocycles. The molecule has 0 fully saturated rings. The predicted molar refractivity (Wildman–Crippen MR) is 49.0 cm³/mol. The van der Waals surface area contributed by atoms with E-state index in [4.69, 9.17) is 0 Å². The van der Waals surface area contributed by atoms with Crippen LogP contribution in [0.25, 0.3) is 0 Å². The number of nitrogens with zero attached hydrogens (tertiary/aromatic N) is 1. The number of benzene rings is 1. The summed E-state index contributed by atoms with van der Waals surface area (Å²) in [4.78, 5) is 6.40. The van der Waals surface area contributed by atoms with E-state index < -0.39 is 17.7 Å². The number of aromatic nitrogens is 2. The Labute approximate surface area is 84.4 Å². The highest BCUT2D eigenvalue weighted by Crippen LogP contribution is 2.22. The first kappa shape index (κ1) is 9.79. The molecule has 0 saturated carbocycles. The third kappa shape index (κ3) is 1.87. The third-order valence-corrected chi connectivity index (χ3v) is 2.03. The van der Waals surface area contributed by atoms with Gasteiger partial charge in [0.15, 0.2) is 0 Å². The summed E-state index contributed by atoms with van der Waals surface area (Å²) in [5, 5.41) is 9.69. The first-order valence-corrected chi connectivity index (χ1v) is 4.31. The minimum atomic E-state index is -1.28. The SMILES string of the molecule is OC(c1ncc[nH]1)c1cc(F)ccc1F. The molecule has 0 saturated heterocycles. The molecule has 0 aliphatic carbocycles. The number of hydrogen-bond acceptors (Lipinski definition) is 2. The maximum absolute atomic E-state index is 13.2. The fraction of sp³-hybridized carbons (Fsp3) is 0.100. The number of imidazole rings is 1. The number of aliphatic hydroxyl groups is 1. The number of hydrogen-bond donors (Lipinski definition) is 2. The maximum Gasteiger partial charge on any atom is 0.139 e. The summed E-state index contributed by atoms with van der Waals surface area (Å²) >= 11 is 0. The predicted octanol–water partition coefficient (Wildman–Crippen LogP) is 1.77. The smallest absolute Gasteiger partial charge is 0.139 e. The minimum Gasteiger partial charge on any atom is -0.380 e. The summed E-state index contributed by atoms with van der Waals surface area (Å²) in [6.07, 6.45) is 1.64. The van der Waals surface area contributed by atoms with Gasteiger partial charge in [0.25, 0.3) is 0 Å². The van der Waals surface area contributed by atoms with Crippen LogP contribution in [0.1, 0.15) is 17.5 Å². The van der Waals surface area contributed by atoms with Crippen LogP contribution < -0.4 is 0 Å². The average molecular weight is 210 g/mol. The highest BCUT2D eigenvalue weighted by molar-refractivity contribution is 5.25. The first-order chi connectivity index (χ1) is 7.18. The van der Waals surface area contributed by atoms with Crippen molar-refractivity contribution in [2.45, 2.75) is 6.10 Å². The standard InChI is InChI=1S/C10H8F2N2O/c11-6-1-2-8(12)7(5-6)9(15)10-13-3-4-14-10/h1-5,9,15H,(H,13,14). The quantitative estimate of drug-likeness (QED) is 0.793. The molecule has 1 atom stereocenters. The summed E-state index contributed by atoms with van der Waals surface area (Å²) < 4.78 is 26.1. The molecule has 78 valence electrons. The minimum absolute atomic E-state index is 0.134. The van der Waals surface area contributed by atoms with Crippen molar-refractivity contribution >= 4 is 0 Å². The van der Waals surface area contributed by atoms with Crippen LogP contribution in [0.2, 0.25) is 0 Å². The van der Waals surface area contributed by atoms with E-state index in [1.807, 2.05) is 0 Å². The molecule has 2 rings (SSSR count). The lowest BCUT2D eigenvalue weighted by molar-refractivity contribution is 0.205. The van der Waals surface area contributed by atoms with Crippen LogP contribution in [-0.2, 0) is 0 Å². The number of nitrogens with one attached hydrogen (secondary N) is 1. The monoisotopic (exact) mass is 210 g/mol. The normalized spacial score (nSPS) is 12.7. The highest BCUT2D eigenvalue weighted by Gasteiger charge is 2.17. The molecule has 0 radical (unpaired) electrons. The van der Waals surface area contributed by atoms with Crippen molar-refractivity contribution in [2.75, 3.05) is 0 Å². The molecule has 1 aromatic heterocycles. The van der Waals surface area contributed by atoms with Crippen LogP contribution in [-0.4, -0.2) is 15.1 Å². The second-order valence-electron chi connectivity index (χ2n) is 3.04. The van der Waals surface area contributed by atoms with Gasteiger partial charge < -0.3 is 10.1 Å². The van der Waals surface area contributed by atoms with Crippen molar-refractivity contribution in [1.82, 2.24) is 9.97 Å². The van der Waals surface area contributed by atoms with Gasteiger partial charge in [-0.3, -0.25) is 0 Å². The Morgan fingerprint density at radius 1 is 1.33 bits per heavy atom. The summed E-state index contributed by atoms with van der Waals surface area (Å²) in [6.45, 7) is 0. The zero-order valence-corrected chi connectivity index (χ0v) is 7.61. The molecule has 0 aliphatic heterocycles. The van der Waals surface area contributed by atoms with Crippen LogP contribution in [0.4, 0.5) is 8.78 Å². The van der Waals surface area contributed by atoms with Crippen molar-refractivity contribution in [3.8, 4) is 0 Å². The lowest BCUT2D eigenvalue weighted by Crippen LogP contribution is -2.05. The van der Waals surface area contributed by atoms with E-state index in [-0.39, 0.29) is 11.4 Å². The number of aliphatic hydroxyl groups excluding tert-OH is 1. The van der Waals surface area contributed by atoms with Gasteiger partial charge in [-0.25, -0.2) is 13.8 Å². The van der Waals surface area contributed by atoms with Crippen molar-refractivity contribution in [1.29, 1.82) is 0 Å². The number of halogens is 2. The molecule has 2 N–H and O–H groups in total. The van der Waals surface area contributed by atoms with Gasteiger partial charge in [0, 0.05) is 18.0 Å². The van der Waals surface area contributed by atoms with Crippen molar-refractivity contribution in [3.05, 3.63) is 53.6 Å². The topological polar surface area (TPSA) is 48.9 Å². The lowest BCUT2D eigenvalue weighted by atomic mass is 10.1. The van der Waals surface area contributed by atoms with E-state index in [1.54, 1.807) is 0 Å². The summed E-state index contributed by atoms with van der Waals surface area (Å²) in [5.74, 6) is -1.09. The Hall–Kier alpha value is -1.75. The van der Waals surface area contributed by atoms with E-state index >= 15 is 0 Å². The Morgan fingerprint density at radius 3 is 2.80 bits per heavy atom. The molecular formula is C10H8F2N2O. The van der Waals surface area contributed by atoms with Gasteiger partial charge >= 0.3 is 0 Å². The Balaban J connectivity index is 2.41. The zero-order valence-electron chi connectivity index (χ0n) is 7.61. The Morgan fingerprint density at radius 2 is 2.13 bits per heavy atom. The van der Waals surface area contributed by atoms with E-state index in [0.29, 0.717) is 0 Å². The van der Waals surface area contributed by atoms with Gasteiger partial charge in [0.05, 0.1) is 0 Å². The molecule has 0 amide bonds. The lowest BCUT2D eigenvalue weighted by Gasteiger charge is -2.09. The maximum atomic E-state index is 13.2. The largest absolute Gasteiger partial charge is 0.380 e. The molecule has 3 nitrogen and oxygen atoms in total. The van der Waals surface area contributed by atoms with E-state index in [2.05, 4.69) is 9.97 Å². The van der Waals surface area contributed by atoms with E-state index in [0.717, 1.165) is 18.2 Å². The van der Waals surface area contributed by atoms with Gasteiger partial charge in [-0.15, -0.1) is 0 Å². The highest BCUT2D eigenvalue weighted by atomic mass is 19.1. The van der Waals surface area contributed by atoms with Crippen molar-refractivity contribution in [3.63, 3.8) is 0 Å². The van der Waals surface area contributed by atoms with Gasteiger partial charge in [0.1, 0.15) is 23.6 Å². The molecule has 15 heavy (non-hydrogen) atoms. The molecule has 0 aliphatic rings. The van der Waals surface area contributed by atoms with E-state index in [9.17, 15) is 13.9 Å². The second kappa shape index (κ2) is 3.78. The van der Waals surface area contributed by atoms with Crippen molar-refractivity contribution < 1.29 is 13.9 Å². The summed E-state index contributed by atoms with van der Waals surface area (Å²) in [7, 11) is 0. The van der Waals surface area contributed by atoms with Gasteiger partial charge in [0.2, 0.25) is 0 Å². The molecule has 0 spiro atoms. The van der Waals surface area contributed by atoms with Crippen LogP contribution in [0.3, 0.4) is 0 Å². The molecule has 0 bridgehead atoms. The third-order valence-electron chi connectivity index (χ3n) is 2.03. The number of rotatable bonds is 2.